The van der Waals surface area contributed by atoms with E-state index in [4.69, 9.17) is 16.2 Å². The van der Waals surface area contributed by atoms with Crippen LogP contribution in [0.3, 0.4) is 0 Å². The molecule has 0 aliphatic heterocycles. The van der Waals surface area contributed by atoms with Crippen LogP contribution in [0.1, 0.15) is 56.2 Å². The van der Waals surface area contributed by atoms with Gasteiger partial charge in [-0.1, -0.05) is 26.0 Å². The van der Waals surface area contributed by atoms with E-state index in [1.807, 2.05) is 0 Å². The summed E-state index contributed by atoms with van der Waals surface area (Å²) in [5, 5.41) is 0. The van der Waals surface area contributed by atoms with Gasteiger partial charge in [-0.3, -0.25) is 0 Å². The predicted octanol–water partition coefficient (Wildman–Crippen LogP) is 2.95. The van der Waals surface area contributed by atoms with Crippen LogP contribution in [0, 0.1) is 5.92 Å². The lowest BCUT2D eigenvalue weighted by Crippen LogP contribution is -2.22. The van der Waals surface area contributed by atoms with Gasteiger partial charge in [0.15, 0.2) is 0 Å². The molecule has 4 N–H and O–H groups in total. The Labute approximate surface area is 116 Å². The highest BCUT2D eigenvalue weighted by atomic mass is 16.5. The van der Waals surface area contributed by atoms with Gasteiger partial charge in [0.25, 0.3) is 0 Å². The molecule has 1 aliphatic rings. The van der Waals surface area contributed by atoms with Crippen molar-refractivity contribution in [1.29, 1.82) is 0 Å². The second-order valence-electron chi connectivity index (χ2n) is 5.70. The molecule has 2 unspecified atom stereocenters. The van der Waals surface area contributed by atoms with Gasteiger partial charge >= 0.3 is 0 Å². The Kier molecular flexibility index (Phi) is 4.83. The van der Waals surface area contributed by atoms with Gasteiger partial charge in [0.2, 0.25) is 0 Å². The summed E-state index contributed by atoms with van der Waals surface area (Å²) >= 11 is 0. The molecule has 1 fully saturated rings. The number of rotatable bonds is 7. The van der Waals surface area contributed by atoms with Crippen LogP contribution < -0.4 is 16.2 Å². The van der Waals surface area contributed by atoms with E-state index in [0.29, 0.717) is 12.5 Å². The summed E-state index contributed by atoms with van der Waals surface area (Å²) in [5.41, 5.74) is 14.2. The average molecular weight is 262 g/mol. The quantitative estimate of drug-likeness (QED) is 0.794. The average Bonchev–Trinajstić information content (AvgIpc) is 3.27. The molecule has 3 heteroatoms. The first kappa shape index (κ1) is 14.4. The Morgan fingerprint density at radius 3 is 2.68 bits per heavy atom. The van der Waals surface area contributed by atoms with Crippen LogP contribution in [-0.2, 0) is 0 Å². The summed E-state index contributed by atoms with van der Waals surface area (Å²) in [7, 11) is 0. The van der Waals surface area contributed by atoms with Gasteiger partial charge < -0.3 is 16.2 Å². The second-order valence-corrected chi connectivity index (χ2v) is 5.70. The number of benzene rings is 1. The molecule has 1 aliphatic carbocycles. The molecule has 0 heterocycles. The van der Waals surface area contributed by atoms with Gasteiger partial charge in [-0.2, -0.15) is 0 Å². The molecule has 0 spiro atoms. The van der Waals surface area contributed by atoms with Crippen molar-refractivity contribution in [3.63, 3.8) is 0 Å². The fourth-order valence-electron chi connectivity index (χ4n) is 2.15. The number of nitrogens with two attached hydrogens (primary N) is 2. The fourth-order valence-corrected chi connectivity index (χ4v) is 2.15. The van der Waals surface area contributed by atoms with Crippen molar-refractivity contribution in [3.8, 4) is 5.75 Å². The largest absolute Gasteiger partial charge is 0.493 e. The molecule has 1 saturated carbocycles. The van der Waals surface area contributed by atoms with E-state index >= 15 is 0 Å². The highest BCUT2D eigenvalue weighted by molar-refractivity contribution is 5.40. The molecule has 0 bridgehead atoms. The molecule has 2 rings (SSSR count). The Morgan fingerprint density at radius 2 is 2.11 bits per heavy atom. The van der Waals surface area contributed by atoms with Crippen molar-refractivity contribution < 1.29 is 4.74 Å². The van der Waals surface area contributed by atoms with Crippen LogP contribution >= 0.6 is 0 Å². The van der Waals surface area contributed by atoms with E-state index in [2.05, 4.69) is 32.0 Å². The van der Waals surface area contributed by atoms with Gasteiger partial charge in [-0.25, -0.2) is 0 Å². The normalized spacial score (nSPS) is 18.1. The molecule has 0 aromatic heterocycles. The van der Waals surface area contributed by atoms with Crippen molar-refractivity contribution in [3.05, 3.63) is 29.3 Å². The molecule has 3 nitrogen and oxygen atoms in total. The summed E-state index contributed by atoms with van der Waals surface area (Å²) in [6.07, 6.45) is 3.71. The summed E-state index contributed by atoms with van der Waals surface area (Å²) in [5.74, 6) is 2.20. The van der Waals surface area contributed by atoms with Gasteiger partial charge in [-0.15, -0.1) is 0 Å². The van der Waals surface area contributed by atoms with E-state index in [-0.39, 0.29) is 6.04 Å². The van der Waals surface area contributed by atoms with Crippen LogP contribution in [0.5, 0.6) is 5.75 Å². The minimum absolute atomic E-state index is 0.141. The van der Waals surface area contributed by atoms with Crippen LogP contribution in [0.2, 0.25) is 0 Å². The summed E-state index contributed by atoms with van der Waals surface area (Å²) in [6, 6.07) is 6.25. The van der Waals surface area contributed by atoms with Crippen LogP contribution in [-0.4, -0.2) is 13.2 Å². The number of hydrogen-bond donors (Lipinski definition) is 2. The Morgan fingerprint density at radius 1 is 1.37 bits per heavy atom. The zero-order valence-corrected chi connectivity index (χ0v) is 12.1. The smallest absolute Gasteiger partial charge is 0.124 e. The first-order chi connectivity index (χ1) is 9.15. The van der Waals surface area contributed by atoms with Crippen molar-refractivity contribution in [2.45, 2.75) is 45.1 Å². The first-order valence-electron chi connectivity index (χ1n) is 7.38. The van der Waals surface area contributed by atoms with Crippen LogP contribution in [0.4, 0.5) is 0 Å². The zero-order chi connectivity index (χ0) is 13.8. The van der Waals surface area contributed by atoms with Gasteiger partial charge in [0.05, 0.1) is 6.61 Å². The highest BCUT2D eigenvalue weighted by Crippen LogP contribution is 2.33. The minimum atomic E-state index is -0.141. The molecule has 106 valence electrons. The third kappa shape index (κ3) is 3.71. The molecule has 0 saturated heterocycles. The molecular weight excluding hydrogens is 236 g/mol. The van der Waals surface area contributed by atoms with E-state index in [9.17, 15) is 0 Å². The zero-order valence-electron chi connectivity index (χ0n) is 12.1. The third-order valence-corrected chi connectivity index (χ3v) is 4.04. The van der Waals surface area contributed by atoms with Gasteiger partial charge in [0.1, 0.15) is 5.75 Å². The maximum atomic E-state index is 6.12. The molecule has 0 amide bonds. The van der Waals surface area contributed by atoms with Crippen LogP contribution in [0.25, 0.3) is 0 Å². The van der Waals surface area contributed by atoms with E-state index in [0.717, 1.165) is 30.3 Å². The topological polar surface area (TPSA) is 61.3 Å². The lowest BCUT2D eigenvalue weighted by atomic mass is 9.94. The lowest BCUT2D eigenvalue weighted by molar-refractivity contribution is 0.295. The molecule has 0 radical (unpaired) electrons. The first-order valence-corrected chi connectivity index (χ1v) is 7.38. The molecule has 1 aromatic rings. The fraction of sp³-hybridized carbons (Fsp3) is 0.625. The number of ether oxygens (including phenoxy) is 1. The SMILES string of the molecule is CCC(C)c1ccc(OCC2CC2)c(C(N)CN)c1. The summed E-state index contributed by atoms with van der Waals surface area (Å²) < 4.78 is 5.92. The Bertz CT molecular complexity index is 415. The molecular formula is C16H26N2O. The third-order valence-electron chi connectivity index (χ3n) is 4.04. The minimum Gasteiger partial charge on any atom is -0.493 e. The molecule has 1 aromatic carbocycles. The van der Waals surface area contributed by atoms with Crippen molar-refractivity contribution >= 4 is 0 Å². The summed E-state index contributed by atoms with van der Waals surface area (Å²) in [6.45, 7) is 5.69. The van der Waals surface area contributed by atoms with Crippen LogP contribution in [0.15, 0.2) is 18.2 Å². The Balaban J connectivity index is 2.19. The Hall–Kier alpha value is -1.06. The molecule has 19 heavy (non-hydrogen) atoms. The lowest BCUT2D eigenvalue weighted by Gasteiger charge is -2.19. The second kappa shape index (κ2) is 6.40. The highest BCUT2D eigenvalue weighted by Gasteiger charge is 2.23. The number of hydrogen-bond acceptors (Lipinski definition) is 3. The standard InChI is InChI=1S/C16H26N2O/c1-3-11(2)13-6-7-16(19-10-12-4-5-12)14(8-13)15(18)9-17/h6-8,11-12,15H,3-5,9-10,17-18H2,1-2H3. The van der Waals surface area contributed by atoms with Crippen molar-refractivity contribution in [2.75, 3.05) is 13.2 Å². The molecule has 2 atom stereocenters. The van der Waals surface area contributed by atoms with E-state index < -0.39 is 0 Å². The monoisotopic (exact) mass is 262 g/mol. The van der Waals surface area contributed by atoms with E-state index in [1.54, 1.807) is 0 Å². The van der Waals surface area contributed by atoms with Crippen molar-refractivity contribution in [1.82, 2.24) is 0 Å². The maximum Gasteiger partial charge on any atom is 0.124 e. The predicted molar refractivity (Wildman–Crippen MR) is 79.3 cm³/mol. The maximum absolute atomic E-state index is 6.12. The van der Waals surface area contributed by atoms with Crippen molar-refractivity contribution in [2.24, 2.45) is 17.4 Å². The van der Waals surface area contributed by atoms with E-state index in [1.165, 1.54) is 18.4 Å². The van der Waals surface area contributed by atoms with Gasteiger partial charge in [-0.05, 0) is 42.7 Å². The van der Waals surface area contributed by atoms with Gasteiger partial charge in [0, 0.05) is 18.2 Å². The summed E-state index contributed by atoms with van der Waals surface area (Å²) in [4.78, 5) is 0.